The normalized spacial score (nSPS) is 24.5. The summed E-state index contributed by atoms with van der Waals surface area (Å²) in [6.07, 6.45) is 4.42. The first kappa shape index (κ1) is 18.9. The molecule has 1 saturated carbocycles. The number of nitrogens with zero attached hydrogens (tertiary/aromatic N) is 5. The quantitative estimate of drug-likeness (QED) is 0.857. The second-order valence-corrected chi connectivity index (χ2v) is 8.66. The monoisotopic (exact) mass is 382 g/mol. The minimum Gasteiger partial charge on any atom is -0.321 e. The number of para-hydroxylation sites is 1. The summed E-state index contributed by atoms with van der Waals surface area (Å²) in [6, 6.07) is 6.62. The van der Waals surface area contributed by atoms with Gasteiger partial charge in [0.2, 0.25) is 0 Å². The van der Waals surface area contributed by atoms with Crippen LogP contribution in [0, 0.1) is 18.8 Å². The average molecular weight is 383 g/mol. The van der Waals surface area contributed by atoms with Crippen molar-refractivity contribution in [2.75, 3.05) is 11.9 Å². The van der Waals surface area contributed by atoms with Gasteiger partial charge in [-0.25, -0.2) is 9.48 Å². The molecule has 2 heterocycles. The highest BCUT2D eigenvalue weighted by molar-refractivity contribution is 5.95. The summed E-state index contributed by atoms with van der Waals surface area (Å²) < 4.78 is 1.91. The van der Waals surface area contributed by atoms with Crippen molar-refractivity contribution in [2.45, 2.75) is 65.5 Å². The van der Waals surface area contributed by atoms with Gasteiger partial charge in [0.15, 0.2) is 5.82 Å². The Labute approximate surface area is 166 Å². The van der Waals surface area contributed by atoms with Gasteiger partial charge in [-0.05, 0) is 66.5 Å². The maximum absolute atomic E-state index is 13.2. The lowest BCUT2D eigenvalue weighted by Crippen LogP contribution is -2.48. The summed E-state index contributed by atoms with van der Waals surface area (Å²) in [6.45, 7) is 9.43. The topological polar surface area (TPSA) is 75.9 Å². The summed E-state index contributed by atoms with van der Waals surface area (Å²) in [5, 5.41) is 15.6. The molecule has 1 aliphatic carbocycles. The number of hydrogen-bond donors (Lipinski definition) is 1. The zero-order valence-electron chi connectivity index (χ0n) is 17.2. The highest BCUT2D eigenvalue weighted by atomic mass is 16.2. The number of likely N-dealkylation sites (tertiary alicyclic amines) is 1. The smallest absolute Gasteiger partial charge is 0.321 e. The lowest BCUT2D eigenvalue weighted by molar-refractivity contribution is 0.138. The molecule has 1 aromatic carbocycles. The summed E-state index contributed by atoms with van der Waals surface area (Å²) >= 11 is 0. The zero-order valence-corrected chi connectivity index (χ0v) is 17.2. The Bertz CT molecular complexity index is 860. The van der Waals surface area contributed by atoms with Crippen molar-refractivity contribution in [1.82, 2.24) is 25.1 Å². The Morgan fingerprint density at radius 3 is 2.79 bits per heavy atom. The average Bonchev–Trinajstić information content (AvgIpc) is 3.21. The van der Waals surface area contributed by atoms with Gasteiger partial charge in [0, 0.05) is 18.2 Å². The van der Waals surface area contributed by atoms with E-state index in [1.807, 2.05) is 34.7 Å². The first-order valence-corrected chi connectivity index (χ1v) is 10.4. The molecule has 0 spiro atoms. The van der Waals surface area contributed by atoms with Gasteiger partial charge in [0.25, 0.3) is 0 Å². The van der Waals surface area contributed by atoms with E-state index in [0.29, 0.717) is 23.9 Å². The van der Waals surface area contributed by atoms with Gasteiger partial charge < -0.3 is 10.2 Å². The molecule has 2 amide bonds. The summed E-state index contributed by atoms with van der Waals surface area (Å²) in [5.74, 6) is 1.77. The van der Waals surface area contributed by atoms with Gasteiger partial charge in [-0.15, -0.1) is 5.10 Å². The van der Waals surface area contributed by atoms with Crippen molar-refractivity contribution < 1.29 is 4.79 Å². The molecule has 0 bridgehead atoms. The molecule has 3 atom stereocenters. The lowest BCUT2D eigenvalue weighted by atomic mass is 9.93. The number of rotatable bonds is 4. The first-order valence-electron chi connectivity index (χ1n) is 10.4. The summed E-state index contributed by atoms with van der Waals surface area (Å²) in [4.78, 5) is 15.2. The molecule has 1 saturated heterocycles. The number of hydrogen-bond acceptors (Lipinski definition) is 4. The number of carbonyl (C=O) groups is 1. The van der Waals surface area contributed by atoms with Gasteiger partial charge >= 0.3 is 6.03 Å². The van der Waals surface area contributed by atoms with E-state index in [2.05, 4.69) is 41.6 Å². The van der Waals surface area contributed by atoms with E-state index >= 15 is 0 Å². The number of tetrazole rings is 1. The molecule has 150 valence electrons. The van der Waals surface area contributed by atoms with Crippen molar-refractivity contribution in [1.29, 1.82) is 0 Å². The van der Waals surface area contributed by atoms with Crippen LogP contribution in [0.2, 0.25) is 0 Å². The van der Waals surface area contributed by atoms with E-state index in [0.717, 1.165) is 48.4 Å². The molecule has 7 nitrogen and oxygen atoms in total. The maximum Gasteiger partial charge on any atom is 0.322 e. The third kappa shape index (κ3) is 3.50. The molecule has 1 aliphatic heterocycles. The number of anilines is 1. The van der Waals surface area contributed by atoms with Crippen molar-refractivity contribution in [3.63, 3.8) is 0 Å². The van der Waals surface area contributed by atoms with Crippen LogP contribution in [0.3, 0.4) is 0 Å². The summed E-state index contributed by atoms with van der Waals surface area (Å²) in [5.41, 5.74) is 2.71. The van der Waals surface area contributed by atoms with Crippen LogP contribution in [0.15, 0.2) is 18.2 Å². The Morgan fingerprint density at radius 1 is 1.29 bits per heavy atom. The molecule has 4 rings (SSSR count). The van der Waals surface area contributed by atoms with E-state index in [1.165, 1.54) is 6.42 Å². The van der Waals surface area contributed by atoms with Gasteiger partial charge in [-0.1, -0.05) is 32.9 Å². The Balaban J connectivity index is 1.64. The molecule has 0 radical (unpaired) electrons. The van der Waals surface area contributed by atoms with Crippen molar-refractivity contribution in [3.8, 4) is 11.4 Å². The van der Waals surface area contributed by atoms with E-state index in [4.69, 9.17) is 0 Å². The molecule has 1 N–H and O–H groups in total. The third-order valence-electron chi connectivity index (χ3n) is 6.20. The van der Waals surface area contributed by atoms with Crippen LogP contribution in [0.5, 0.6) is 0 Å². The van der Waals surface area contributed by atoms with Crippen molar-refractivity contribution in [2.24, 2.45) is 11.8 Å². The van der Waals surface area contributed by atoms with Gasteiger partial charge in [0.1, 0.15) is 0 Å². The van der Waals surface area contributed by atoms with E-state index in [1.54, 1.807) is 0 Å². The minimum atomic E-state index is -0.0206. The number of urea groups is 1. The second-order valence-electron chi connectivity index (χ2n) is 8.66. The molecule has 2 aromatic rings. The number of nitrogens with one attached hydrogen (secondary N) is 1. The predicted octanol–water partition coefficient (Wildman–Crippen LogP) is 4.27. The van der Waals surface area contributed by atoms with Crippen LogP contribution < -0.4 is 5.32 Å². The van der Waals surface area contributed by atoms with Gasteiger partial charge in [-0.2, -0.15) is 0 Å². The van der Waals surface area contributed by atoms with Gasteiger partial charge in [0.05, 0.1) is 11.7 Å². The number of benzene rings is 1. The maximum atomic E-state index is 13.2. The number of aryl methyl sites for hydroxylation is 1. The molecule has 0 unspecified atom stereocenters. The number of carbonyl (C=O) groups excluding carboxylic acids is 1. The molecule has 1 aromatic heterocycles. The summed E-state index contributed by atoms with van der Waals surface area (Å²) in [7, 11) is 0. The molecule has 2 aliphatic rings. The number of piperidine rings is 1. The van der Waals surface area contributed by atoms with Crippen LogP contribution >= 0.6 is 0 Å². The van der Waals surface area contributed by atoms with Crippen LogP contribution in [-0.4, -0.2) is 43.7 Å². The van der Waals surface area contributed by atoms with E-state index in [9.17, 15) is 4.79 Å². The Hall–Kier alpha value is -2.44. The van der Waals surface area contributed by atoms with Crippen LogP contribution in [-0.2, 0) is 0 Å². The fourth-order valence-electron chi connectivity index (χ4n) is 4.34. The Morgan fingerprint density at radius 2 is 2.07 bits per heavy atom. The highest BCUT2D eigenvalue weighted by Crippen LogP contribution is 2.44. The molecular weight excluding hydrogens is 352 g/mol. The Kier molecular flexibility index (Phi) is 5.08. The van der Waals surface area contributed by atoms with Crippen molar-refractivity contribution in [3.05, 3.63) is 23.8 Å². The fraction of sp³-hybridized carbons (Fsp3) is 0.619. The highest BCUT2D eigenvalue weighted by Gasteiger charge is 2.38. The SMILES string of the molecule is Cc1cccc(-c2nnnn2[C@@H]2C[C@H]2C)c1NC(=O)N1CCCC[C@@H]1C(C)C. The second kappa shape index (κ2) is 7.53. The van der Waals surface area contributed by atoms with Crippen LogP contribution in [0.25, 0.3) is 11.4 Å². The van der Waals surface area contributed by atoms with E-state index in [-0.39, 0.29) is 6.03 Å². The number of aromatic nitrogens is 4. The molecule has 2 fully saturated rings. The van der Waals surface area contributed by atoms with Crippen molar-refractivity contribution >= 4 is 11.7 Å². The van der Waals surface area contributed by atoms with Crippen LogP contribution in [0.4, 0.5) is 10.5 Å². The zero-order chi connectivity index (χ0) is 19.8. The standard InChI is InChI=1S/C21H30N6O/c1-13(2)17-10-5-6-11-26(17)21(28)22-19-14(3)8-7-9-16(19)20-23-24-25-27(20)18-12-15(18)4/h7-9,13,15,17-18H,5-6,10-12H2,1-4H3,(H,22,28)/t15-,17-,18-/m1/s1. The fourth-order valence-corrected chi connectivity index (χ4v) is 4.34. The molecule has 28 heavy (non-hydrogen) atoms. The first-order chi connectivity index (χ1) is 13.5. The third-order valence-corrected chi connectivity index (χ3v) is 6.20. The lowest BCUT2D eigenvalue weighted by Gasteiger charge is -2.38. The van der Waals surface area contributed by atoms with Crippen LogP contribution in [0.1, 0.15) is 58.1 Å². The minimum absolute atomic E-state index is 0.0206. The van der Waals surface area contributed by atoms with Gasteiger partial charge in [-0.3, -0.25) is 0 Å². The molecule has 7 heteroatoms. The predicted molar refractivity (Wildman–Crippen MR) is 109 cm³/mol. The number of amides is 2. The van der Waals surface area contributed by atoms with E-state index < -0.39 is 0 Å². The largest absolute Gasteiger partial charge is 0.322 e. The molecular formula is C21H30N6O.